The summed E-state index contributed by atoms with van der Waals surface area (Å²) in [7, 11) is 0. The summed E-state index contributed by atoms with van der Waals surface area (Å²) in [5.41, 5.74) is 5.95. The Kier molecular flexibility index (Phi) is 3.49. The molecular formula is C12H14BrFN2O. The van der Waals surface area contributed by atoms with E-state index < -0.39 is 5.82 Å². The van der Waals surface area contributed by atoms with Crippen LogP contribution >= 0.6 is 15.9 Å². The highest BCUT2D eigenvalue weighted by Gasteiger charge is 2.33. The highest BCUT2D eigenvalue weighted by molar-refractivity contribution is 9.10. The van der Waals surface area contributed by atoms with Crippen molar-refractivity contribution in [2.24, 2.45) is 5.73 Å². The Hall–Kier alpha value is -0.940. The van der Waals surface area contributed by atoms with E-state index in [0.29, 0.717) is 11.0 Å². The number of carbonyl (C=O) groups is 1. The fraction of sp³-hybridized carbons (Fsp3) is 0.417. The van der Waals surface area contributed by atoms with Crippen molar-refractivity contribution >= 4 is 21.8 Å². The Balaban J connectivity index is 2.32. The third kappa shape index (κ3) is 2.21. The van der Waals surface area contributed by atoms with Crippen molar-refractivity contribution in [1.29, 1.82) is 0 Å². The van der Waals surface area contributed by atoms with E-state index in [1.807, 2.05) is 6.92 Å². The summed E-state index contributed by atoms with van der Waals surface area (Å²) in [6, 6.07) is 4.45. The summed E-state index contributed by atoms with van der Waals surface area (Å²) >= 11 is 3.21. The molecular weight excluding hydrogens is 287 g/mol. The number of hydrogen-bond acceptors (Lipinski definition) is 2. The number of likely N-dealkylation sites (tertiary alicyclic amines) is 1. The van der Waals surface area contributed by atoms with Crippen LogP contribution in [-0.2, 0) is 0 Å². The number of nitrogens with two attached hydrogens (primary N) is 1. The summed E-state index contributed by atoms with van der Waals surface area (Å²) < 4.78 is 14.2. The molecule has 0 aromatic heterocycles. The molecule has 1 aromatic carbocycles. The molecule has 17 heavy (non-hydrogen) atoms. The molecule has 0 spiro atoms. The van der Waals surface area contributed by atoms with Crippen LogP contribution in [0.5, 0.6) is 0 Å². The molecule has 92 valence electrons. The minimum absolute atomic E-state index is 0.0236. The zero-order valence-corrected chi connectivity index (χ0v) is 11.1. The summed E-state index contributed by atoms with van der Waals surface area (Å²) in [6.07, 6.45) is 0.763. The Bertz CT molecular complexity index is 432. The third-order valence-corrected chi connectivity index (χ3v) is 3.91. The average molecular weight is 301 g/mol. The van der Waals surface area contributed by atoms with Crippen LogP contribution in [0.2, 0.25) is 0 Å². The topological polar surface area (TPSA) is 46.3 Å². The first-order chi connectivity index (χ1) is 8.02. The zero-order chi connectivity index (χ0) is 12.6. The smallest absolute Gasteiger partial charge is 0.258 e. The van der Waals surface area contributed by atoms with E-state index in [1.54, 1.807) is 17.0 Å². The van der Waals surface area contributed by atoms with Crippen LogP contribution in [0, 0.1) is 5.82 Å². The van der Waals surface area contributed by atoms with E-state index in [4.69, 9.17) is 5.73 Å². The molecule has 0 saturated carbocycles. The van der Waals surface area contributed by atoms with Gasteiger partial charge < -0.3 is 10.6 Å². The maximum absolute atomic E-state index is 13.7. The van der Waals surface area contributed by atoms with Crippen molar-refractivity contribution in [1.82, 2.24) is 4.90 Å². The van der Waals surface area contributed by atoms with Crippen molar-refractivity contribution in [2.45, 2.75) is 25.4 Å². The molecule has 1 saturated heterocycles. The van der Waals surface area contributed by atoms with Crippen LogP contribution in [0.25, 0.3) is 0 Å². The maximum Gasteiger partial charge on any atom is 0.258 e. The monoisotopic (exact) mass is 300 g/mol. The summed E-state index contributed by atoms with van der Waals surface area (Å²) in [6.45, 7) is 2.48. The lowest BCUT2D eigenvalue weighted by Gasteiger charge is -2.23. The van der Waals surface area contributed by atoms with Crippen molar-refractivity contribution in [3.63, 3.8) is 0 Å². The molecule has 1 aliphatic rings. The van der Waals surface area contributed by atoms with Gasteiger partial charge in [-0.15, -0.1) is 0 Å². The predicted octanol–water partition coefficient (Wildman–Crippen LogP) is 2.15. The van der Waals surface area contributed by atoms with Gasteiger partial charge in [0.25, 0.3) is 5.91 Å². The lowest BCUT2D eigenvalue weighted by Crippen LogP contribution is -2.40. The molecule has 2 atom stereocenters. The van der Waals surface area contributed by atoms with Gasteiger partial charge in [-0.2, -0.15) is 0 Å². The highest BCUT2D eigenvalue weighted by atomic mass is 79.9. The normalized spacial score (nSPS) is 24.1. The van der Waals surface area contributed by atoms with Gasteiger partial charge in [0.15, 0.2) is 0 Å². The highest BCUT2D eigenvalue weighted by Crippen LogP contribution is 2.25. The zero-order valence-electron chi connectivity index (χ0n) is 9.49. The predicted molar refractivity (Wildman–Crippen MR) is 67.2 cm³/mol. The Morgan fingerprint density at radius 2 is 2.29 bits per heavy atom. The number of nitrogens with zero attached hydrogens (tertiary/aromatic N) is 1. The van der Waals surface area contributed by atoms with Gasteiger partial charge in [-0.3, -0.25) is 4.79 Å². The molecule has 3 nitrogen and oxygen atoms in total. The minimum Gasteiger partial charge on any atom is -0.334 e. The van der Waals surface area contributed by atoms with E-state index >= 15 is 0 Å². The third-order valence-electron chi connectivity index (χ3n) is 3.25. The van der Waals surface area contributed by atoms with E-state index in [2.05, 4.69) is 15.9 Å². The number of rotatable bonds is 1. The number of benzene rings is 1. The maximum atomic E-state index is 13.7. The second kappa shape index (κ2) is 4.74. The molecule has 2 unspecified atom stereocenters. The lowest BCUT2D eigenvalue weighted by atomic mass is 10.1. The Labute approximate surface area is 108 Å². The van der Waals surface area contributed by atoms with Gasteiger partial charge in [0.1, 0.15) is 5.82 Å². The van der Waals surface area contributed by atoms with Crippen LogP contribution in [0.15, 0.2) is 22.7 Å². The van der Waals surface area contributed by atoms with Crippen LogP contribution in [0.3, 0.4) is 0 Å². The summed E-state index contributed by atoms with van der Waals surface area (Å²) in [5, 5.41) is 0. The van der Waals surface area contributed by atoms with Gasteiger partial charge in [-0.25, -0.2) is 4.39 Å². The molecule has 2 rings (SSSR count). The molecule has 1 heterocycles. The van der Waals surface area contributed by atoms with Gasteiger partial charge in [0.2, 0.25) is 0 Å². The summed E-state index contributed by atoms with van der Waals surface area (Å²) in [5.74, 6) is -0.799. The van der Waals surface area contributed by atoms with Gasteiger partial charge >= 0.3 is 0 Å². The Morgan fingerprint density at radius 1 is 1.59 bits per heavy atom. The minimum atomic E-state index is -0.503. The number of halogens is 2. The van der Waals surface area contributed by atoms with Gasteiger partial charge in [0, 0.05) is 23.1 Å². The van der Waals surface area contributed by atoms with E-state index in [-0.39, 0.29) is 23.6 Å². The first-order valence-electron chi connectivity index (χ1n) is 5.53. The number of carbonyl (C=O) groups excluding carboxylic acids is 1. The molecule has 1 aliphatic heterocycles. The second-order valence-corrected chi connectivity index (χ2v) is 5.14. The second-order valence-electron chi connectivity index (χ2n) is 4.29. The molecule has 1 aromatic rings. The SMILES string of the molecule is CC1C(N)CCN1C(=O)c1c(F)cccc1Br. The van der Waals surface area contributed by atoms with Crippen molar-refractivity contribution in [2.75, 3.05) is 6.54 Å². The van der Waals surface area contributed by atoms with Crippen molar-refractivity contribution in [3.8, 4) is 0 Å². The number of hydrogen-bond donors (Lipinski definition) is 1. The quantitative estimate of drug-likeness (QED) is 0.864. The number of amides is 1. The summed E-state index contributed by atoms with van der Waals surface area (Å²) in [4.78, 5) is 13.9. The average Bonchev–Trinajstić information content (AvgIpc) is 2.59. The van der Waals surface area contributed by atoms with E-state index in [9.17, 15) is 9.18 Å². The first-order valence-corrected chi connectivity index (χ1v) is 6.32. The van der Waals surface area contributed by atoms with Gasteiger partial charge in [-0.05, 0) is 41.4 Å². The van der Waals surface area contributed by atoms with Crippen LogP contribution in [0.4, 0.5) is 4.39 Å². The van der Waals surface area contributed by atoms with Crippen LogP contribution in [-0.4, -0.2) is 29.4 Å². The largest absolute Gasteiger partial charge is 0.334 e. The van der Waals surface area contributed by atoms with Crippen molar-refractivity contribution < 1.29 is 9.18 Å². The van der Waals surface area contributed by atoms with Crippen LogP contribution in [0.1, 0.15) is 23.7 Å². The molecule has 5 heteroatoms. The first kappa shape index (κ1) is 12.5. The van der Waals surface area contributed by atoms with Crippen LogP contribution < -0.4 is 5.73 Å². The Morgan fingerprint density at radius 3 is 2.82 bits per heavy atom. The molecule has 0 aliphatic carbocycles. The molecule has 1 fully saturated rings. The lowest BCUT2D eigenvalue weighted by molar-refractivity contribution is 0.0737. The van der Waals surface area contributed by atoms with E-state index in [1.165, 1.54) is 6.07 Å². The molecule has 0 radical (unpaired) electrons. The van der Waals surface area contributed by atoms with Gasteiger partial charge in [0.05, 0.1) is 5.56 Å². The molecule has 0 bridgehead atoms. The van der Waals surface area contributed by atoms with Gasteiger partial charge in [-0.1, -0.05) is 6.07 Å². The standard InChI is InChI=1S/C12H14BrFN2O/c1-7-10(15)5-6-16(7)12(17)11-8(13)3-2-4-9(11)14/h2-4,7,10H,5-6,15H2,1H3. The molecule has 1 amide bonds. The van der Waals surface area contributed by atoms with E-state index in [0.717, 1.165) is 6.42 Å². The van der Waals surface area contributed by atoms with Crippen molar-refractivity contribution in [3.05, 3.63) is 34.1 Å². The fourth-order valence-electron chi connectivity index (χ4n) is 2.10. The molecule has 2 N–H and O–H groups in total. The fourth-order valence-corrected chi connectivity index (χ4v) is 2.61.